The molecule has 1 rings (SSSR count). The average molecular weight is 253 g/mol. The molecule has 7 heteroatoms. The molecule has 0 spiro atoms. The topological polar surface area (TPSA) is 101 Å². The lowest BCUT2D eigenvalue weighted by Gasteiger charge is -2.13. The fraction of sp³-hybridized carbons (Fsp3) is 0.364. The molecule has 0 fully saturated rings. The summed E-state index contributed by atoms with van der Waals surface area (Å²) in [6.45, 7) is 1.81. The average Bonchev–Trinajstić information content (AvgIpc) is 2.35. The van der Waals surface area contributed by atoms with Gasteiger partial charge in [-0.2, -0.15) is 0 Å². The van der Waals surface area contributed by atoms with Gasteiger partial charge in [0, 0.05) is 6.20 Å². The number of aromatic nitrogens is 1. The Kier molecular flexibility index (Phi) is 5.43. The number of carboxylic acid groups (broad SMARTS) is 1. The van der Waals surface area contributed by atoms with Gasteiger partial charge < -0.3 is 20.5 Å². The van der Waals surface area contributed by atoms with Crippen LogP contribution in [-0.2, 0) is 4.74 Å². The molecule has 1 aromatic heterocycles. The number of ether oxygens (including phenoxy) is 1. The molecular formula is C11H15N3O4. The van der Waals surface area contributed by atoms with Crippen LogP contribution in [0.25, 0.3) is 0 Å². The maximum absolute atomic E-state index is 11.3. The normalized spacial score (nSPS) is 11.4. The van der Waals surface area contributed by atoms with E-state index in [1.807, 2.05) is 6.07 Å². The number of amides is 2. The van der Waals surface area contributed by atoms with Crippen molar-refractivity contribution in [2.45, 2.75) is 13.0 Å². The van der Waals surface area contributed by atoms with Crippen LogP contribution in [0.2, 0.25) is 0 Å². The number of pyridine rings is 1. The van der Waals surface area contributed by atoms with Crippen LogP contribution in [0, 0.1) is 0 Å². The second-order valence-corrected chi connectivity index (χ2v) is 3.49. The highest BCUT2D eigenvalue weighted by molar-refractivity contribution is 5.68. The number of alkyl carbamates (subject to hydrolysis) is 1. The van der Waals surface area contributed by atoms with Gasteiger partial charge in [0.25, 0.3) is 0 Å². The van der Waals surface area contributed by atoms with Gasteiger partial charge in [-0.1, -0.05) is 6.07 Å². The summed E-state index contributed by atoms with van der Waals surface area (Å²) in [6.07, 6.45) is -0.128. The molecule has 0 saturated heterocycles. The molecule has 98 valence electrons. The Labute approximate surface area is 104 Å². The molecule has 0 bridgehead atoms. The van der Waals surface area contributed by atoms with Gasteiger partial charge in [0.15, 0.2) is 0 Å². The van der Waals surface area contributed by atoms with Crippen LogP contribution >= 0.6 is 0 Å². The molecule has 3 N–H and O–H groups in total. The maximum Gasteiger partial charge on any atom is 0.407 e. The Morgan fingerprint density at radius 3 is 2.89 bits per heavy atom. The first-order chi connectivity index (χ1) is 8.59. The summed E-state index contributed by atoms with van der Waals surface area (Å²) in [5.41, 5.74) is 0.720. The van der Waals surface area contributed by atoms with Gasteiger partial charge in [-0.3, -0.25) is 4.98 Å². The van der Waals surface area contributed by atoms with Crippen molar-refractivity contribution in [2.24, 2.45) is 0 Å². The van der Waals surface area contributed by atoms with Crippen LogP contribution < -0.4 is 10.6 Å². The molecule has 0 aliphatic rings. The fourth-order valence-electron chi connectivity index (χ4n) is 1.23. The Morgan fingerprint density at radius 2 is 2.28 bits per heavy atom. The number of nitrogens with zero attached hydrogens (tertiary/aromatic N) is 1. The van der Waals surface area contributed by atoms with Crippen molar-refractivity contribution in [2.75, 3.05) is 13.2 Å². The van der Waals surface area contributed by atoms with E-state index in [4.69, 9.17) is 9.84 Å². The largest absolute Gasteiger partial charge is 0.465 e. The Morgan fingerprint density at radius 1 is 1.50 bits per heavy atom. The second-order valence-electron chi connectivity index (χ2n) is 3.49. The molecule has 1 atom stereocenters. The lowest BCUT2D eigenvalue weighted by molar-refractivity contribution is 0.140. The molecule has 1 aromatic rings. The van der Waals surface area contributed by atoms with Crippen LogP contribution in [-0.4, -0.2) is 35.4 Å². The third-order valence-corrected chi connectivity index (χ3v) is 2.08. The minimum absolute atomic E-state index is 0.0208. The third-order valence-electron chi connectivity index (χ3n) is 2.08. The van der Waals surface area contributed by atoms with E-state index in [0.29, 0.717) is 0 Å². The van der Waals surface area contributed by atoms with Crippen molar-refractivity contribution < 1.29 is 19.4 Å². The van der Waals surface area contributed by atoms with Gasteiger partial charge in [0.2, 0.25) is 0 Å². The molecule has 18 heavy (non-hydrogen) atoms. The summed E-state index contributed by atoms with van der Waals surface area (Å²) < 4.78 is 4.78. The molecule has 7 nitrogen and oxygen atoms in total. The minimum Gasteiger partial charge on any atom is -0.465 e. The van der Waals surface area contributed by atoms with Crippen molar-refractivity contribution in [1.29, 1.82) is 0 Å². The standard InChI is InChI=1S/C11H15N3O4/c1-8(9-4-2-3-5-12-9)14-11(17)18-7-6-13-10(15)16/h2-5,8,13H,6-7H2,1H3,(H,14,17)(H,15,16). The van der Waals surface area contributed by atoms with Crippen LogP contribution in [0.15, 0.2) is 24.4 Å². The van der Waals surface area contributed by atoms with Crippen molar-refractivity contribution in [3.8, 4) is 0 Å². The summed E-state index contributed by atoms with van der Waals surface area (Å²) in [4.78, 5) is 25.6. The van der Waals surface area contributed by atoms with E-state index >= 15 is 0 Å². The lowest BCUT2D eigenvalue weighted by Crippen LogP contribution is -2.31. The first-order valence-corrected chi connectivity index (χ1v) is 5.40. The van der Waals surface area contributed by atoms with Crippen LogP contribution in [0.4, 0.5) is 9.59 Å². The molecule has 1 heterocycles. The zero-order chi connectivity index (χ0) is 13.4. The van der Waals surface area contributed by atoms with Gasteiger partial charge in [-0.25, -0.2) is 9.59 Å². The molecule has 0 saturated carbocycles. The van der Waals surface area contributed by atoms with Crippen molar-refractivity contribution in [1.82, 2.24) is 15.6 Å². The van der Waals surface area contributed by atoms with E-state index in [2.05, 4.69) is 15.6 Å². The summed E-state index contributed by atoms with van der Waals surface area (Å²) >= 11 is 0. The van der Waals surface area contributed by atoms with E-state index in [1.165, 1.54) is 0 Å². The lowest BCUT2D eigenvalue weighted by atomic mass is 10.2. The molecular weight excluding hydrogens is 238 g/mol. The predicted molar refractivity (Wildman–Crippen MR) is 63.2 cm³/mol. The highest BCUT2D eigenvalue weighted by Crippen LogP contribution is 2.07. The first kappa shape index (κ1) is 13.8. The summed E-state index contributed by atoms with van der Waals surface area (Å²) in [6, 6.07) is 5.12. The van der Waals surface area contributed by atoms with E-state index in [-0.39, 0.29) is 19.2 Å². The van der Waals surface area contributed by atoms with Gasteiger partial charge in [0.1, 0.15) is 6.61 Å². The van der Waals surface area contributed by atoms with E-state index in [1.54, 1.807) is 25.3 Å². The highest BCUT2D eigenvalue weighted by Gasteiger charge is 2.10. The zero-order valence-electron chi connectivity index (χ0n) is 9.92. The van der Waals surface area contributed by atoms with Crippen molar-refractivity contribution >= 4 is 12.2 Å². The molecule has 1 unspecified atom stereocenters. The van der Waals surface area contributed by atoms with Gasteiger partial charge in [-0.05, 0) is 19.1 Å². The van der Waals surface area contributed by atoms with Crippen LogP contribution in [0.5, 0.6) is 0 Å². The Hall–Kier alpha value is -2.31. The molecule has 2 amide bonds. The van der Waals surface area contributed by atoms with Crippen molar-refractivity contribution in [3.63, 3.8) is 0 Å². The zero-order valence-corrected chi connectivity index (χ0v) is 9.92. The first-order valence-electron chi connectivity index (χ1n) is 5.40. The summed E-state index contributed by atoms with van der Waals surface area (Å²) in [5.74, 6) is 0. The maximum atomic E-state index is 11.3. The smallest absolute Gasteiger partial charge is 0.407 e. The second kappa shape index (κ2) is 7.10. The fourth-order valence-corrected chi connectivity index (χ4v) is 1.23. The van der Waals surface area contributed by atoms with Crippen LogP contribution in [0.3, 0.4) is 0 Å². The van der Waals surface area contributed by atoms with Gasteiger partial charge >= 0.3 is 12.2 Å². The highest BCUT2D eigenvalue weighted by atomic mass is 16.5. The molecule has 0 aromatic carbocycles. The number of carbonyl (C=O) groups excluding carboxylic acids is 1. The Bertz CT molecular complexity index is 397. The van der Waals surface area contributed by atoms with Gasteiger partial charge in [0.05, 0.1) is 18.3 Å². The molecule has 0 aliphatic carbocycles. The van der Waals surface area contributed by atoms with E-state index < -0.39 is 12.2 Å². The van der Waals surface area contributed by atoms with E-state index in [9.17, 15) is 9.59 Å². The number of hydrogen-bond donors (Lipinski definition) is 3. The van der Waals surface area contributed by atoms with Crippen LogP contribution in [0.1, 0.15) is 18.7 Å². The minimum atomic E-state index is -1.15. The third kappa shape index (κ3) is 5.15. The number of hydrogen-bond acceptors (Lipinski definition) is 4. The predicted octanol–water partition coefficient (Wildman–Crippen LogP) is 1.14. The van der Waals surface area contributed by atoms with Gasteiger partial charge in [-0.15, -0.1) is 0 Å². The number of carbonyl (C=O) groups is 2. The Balaban J connectivity index is 2.26. The summed E-state index contributed by atoms with van der Waals surface area (Å²) in [5, 5.41) is 13.0. The molecule has 0 radical (unpaired) electrons. The SMILES string of the molecule is CC(NC(=O)OCCNC(=O)O)c1ccccn1. The molecule has 0 aliphatic heterocycles. The monoisotopic (exact) mass is 253 g/mol. The quantitative estimate of drug-likeness (QED) is 0.683. The van der Waals surface area contributed by atoms with Crippen molar-refractivity contribution in [3.05, 3.63) is 30.1 Å². The number of nitrogens with one attached hydrogen (secondary N) is 2. The summed E-state index contributed by atoms with van der Waals surface area (Å²) in [7, 11) is 0. The van der Waals surface area contributed by atoms with E-state index in [0.717, 1.165) is 5.69 Å². The number of rotatable bonds is 5.